The van der Waals surface area contributed by atoms with Gasteiger partial charge in [0.1, 0.15) is 5.82 Å². The van der Waals surface area contributed by atoms with Crippen LogP contribution >= 0.6 is 0 Å². The molecule has 188 valence electrons. The molecule has 0 aliphatic carbocycles. The second-order valence-electron chi connectivity index (χ2n) is 9.60. The molecule has 3 heterocycles. The summed E-state index contributed by atoms with van der Waals surface area (Å²) in [5.74, 6) is -0.553. The third-order valence-corrected chi connectivity index (χ3v) is 7.40. The van der Waals surface area contributed by atoms with Crippen molar-refractivity contribution in [2.75, 3.05) is 31.5 Å². The molecule has 2 unspecified atom stereocenters. The van der Waals surface area contributed by atoms with Gasteiger partial charge in [0, 0.05) is 43.8 Å². The second-order valence-corrected chi connectivity index (χ2v) is 9.60. The Morgan fingerprint density at radius 2 is 1.68 bits per heavy atom. The lowest BCUT2D eigenvalue weighted by Crippen LogP contribution is -2.47. The number of halogens is 1. The molecule has 3 aromatic carbocycles. The summed E-state index contributed by atoms with van der Waals surface area (Å²) in [4.78, 5) is 27.4. The first-order valence-corrected chi connectivity index (χ1v) is 12.3. The van der Waals surface area contributed by atoms with Crippen LogP contribution in [0.15, 0.2) is 71.5 Å². The van der Waals surface area contributed by atoms with Crippen LogP contribution in [0.5, 0.6) is 0 Å². The largest absolute Gasteiger partial charge is 0.465 e. The zero-order chi connectivity index (χ0) is 25.5. The lowest BCUT2D eigenvalue weighted by atomic mass is 9.80. The van der Waals surface area contributed by atoms with Gasteiger partial charge in [-0.3, -0.25) is 9.69 Å². The normalized spacial score (nSPS) is 19.5. The van der Waals surface area contributed by atoms with Gasteiger partial charge in [-0.25, -0.2) is 14.3 Å². The fraction of sp³-hybridized carbons (Fsp3) is 0.250. The lowest BCUT2D eigenvalue weighted by Gasteiger charge is -2.35. The summed E-state index contributed by atoms with van der Waals surface area (Å²) in [7, 11) is 0. The van der Waals surface area contributed by atoms with Crippen LogP contribution < -0.4 is 10.9 Å². The van der Waals surface area contributed by atoms with E-state index >= 15 is 0 Å². The van der Waals surface area contributed by atoms with Crippen LogP contribution in [0.1, 0.15) is 34.3 Å². The molecule has 0 radical (unpaired) electrons. The molecule has 2 aliphatic heterocycles. The van der Waals surface area contributed by atoms with E-state index < -0.39 is 6.09 Å². The Morgan fingerprint density at radius 1 is 0.973 bits per heavy atom. The van der Waals surface area contributed by atoms with Crippen LogP contribution in [0.2, 0.25) is 0 Å². The molecule has 0 saturated carbocycles. The van der Waals surface area contributed by atoms with Crippen molar-refractivity contribution >= 4 is 22.6 Å². The van der Waals surface area contributed by atoms with Gasteiger partial charge in [-0.15, -0.1) is 0 Å². The number of benzene rings is 3. The average molecular weight is 500 g/mol. The summed E-state index contributed by atoms with van der Waals surface area (Å²) in [5.41, 5.74) is 4.44. The fourth-order valence-electron chi connectivity index (χ4n) is 5.48. The fourth-order valence-corrected chi connectivity index (χ4v) is 5.48. The minimum absolute atomic E-state index is 0.185. The average Bonchev–Trinajstić information content (AvgIpc) is 2.92. The molecule has 9 heteroatoms. The maximum Gasteiger partial charge on any atom is 0.407 e. The molecular formula is C28H26FN5O3. The molecule has 6 rings (SSSR count). The Hall–Kier alpha value is -4.24. The zero-order valence-corrected chi connectivity index (χ0v) is 20.0. The quantitative estimate of drug-likeness (QED) is 0.390. The summed E-state index contributed by atoms with van der Waals surface area (Å²) in [6.45, 7) is 3.18. The summed E-state index contributed by atoms with van der Waals surface area (Å²) in [6.07, 6.45) is -0.865. The molecule has 1 fully saturated rings. The molecular weight excluding hydrogens is 473 g/mol. The molecule has 1 saturated heterocycles. The number of aromatic nitrogens is 2. The number of amides is 1. The summed E-state index contributed by atoms with van der Waals surface area (Å²) >= 11 is 0. The highest BCUT2D eigenvalue weighted by Crippen LogP contribution is 2.46. The Kier molecular flexibility index (Phi) is 5.84. The number of carbonyl (C=O) groups is 1. The van der Waals surface area contributed by atoms with E-state index in [1.54, 1.807) is 18.2 Å². The van der Waals surface area contributed by atoms with Crippen molar-refractivity contribution in [2.24, 2.45) is 0 Å². The van der Waals surface area contributed by atoms with Crippen molar-refractivity contribution in [3.05, 3.63) is 105 Å². The van der Waals surface area contributed by atoms with Crippen molar-refractivity contribution < 1.29 is 14.3 Å². The minimum atomic E-state index is -0.865. The number of piperazine rings is 1. The van der Waals surface area contributed by atoms with Crippen molar-refractivity contribution in [3.8, 4) is 0 Å². The molecule has 4 aromatic rings. The van der Waals surface area contributed by atoms with Gasteiger partial charge in [0.25, 0.3) is 5.56 Å². The monoisotopic (exact) mass is 499 g/mol. The number of nitrogens with one attached hydrogen (secondary N) is 2. The Morgan fingerprint density at radius 3 is 2.38 bits per heavy atom. The Balaban J connectivity index is 1.32. The number of H-pyrrole nitrogens is 1. The highest BCUT2D eigenvalue weighted by Gasteiger charge is 2.35. The number of rotatable bonds is 4. The third-order valence-electron chi connectivity index (χ3n) is 7.40. The highest BCUT2D eigenvalue weighted by molar-refractivity contribution is 5.97. The molecule has 2 atom stereocenters. The van der Waals surface area contributed by atoms with Crippen LogP contribution in [0.25, 0.3) is 10.8 Å². The standard InChI is InChI=1S/C28H26FN5O3/c29-20-10-8-18(9-11-20)23-25(30-22-3-1-2-21-24(22)26(23)31-32-27(21)35)19-6-4-17(5-7-19)16-33-12-14-34(15-13-33)28(36)37/h1-11,23,25,30H,12-16H2,(H,32,35)(H,36,37). The number of nitrogens with zero attached hydrogens (tertiary/aromatic N) is 3. The Bertz CT molecular complexity index is 1510. The first-order valence-electron chi connectivity index (χ1n) is 12.3. The predicted octanol–water partition coefficient (Wildman–Crippen LogP) is 4.16. The van der Waals surface area contributed by atoms with Gasteiger partial charge in [-0.05, 0) is 41.0 Å². The molecule has 0 spiro atoms. The van der Waals surface area contributed by atoms with Gasteiger partial charge in [0.2, 0.25) is 0 Å². The van der Waals surface area contributed by atoms with E-state index in [1.807, 2.05) is 12.1 Å². The number of hydrogen-bond donors (Lipinski definition) is 3. The summed E-state index contributed by atoms with van der Waals surface area (Å²) < 4.78 is 13.8. The van der Waals surface area contributed by atoms with E-state index in [9.17, 15) is 14.0 Å². The van der Waals surface area contributed by atoms with E-state index in [0.29, 0.717) is 31.6 Å². The Labute approximate surface area is 212 Å². The first-order chi connectivity index (χ1) is 18.0. The predicted molar refractivity (Wildman–Crippen MR) is 138 cm³/mol. The molecule has 37 heavy (non-hydrogen) atoms. The van der Waals surface area contributed by atoms with Gasteiger partial charge in [-0.1, -0.05) is 42.5 Å². The summed E-state index contributed by atoms with van der Waals surface area (Å²) in [5, 5.41) is 21.3. The van der Waals surface area contributed by atoms with E-state index in [2.05, 4.69) is 44.7 Å². The van der Waals surface area contributed by atoms with Crippen LogP contribution in [0.4, 0.5) is 14.9 Å². The van der Waals surface area contributed by atoms with E-state index in [1.165, 1.54) is 17.0 Å². The maximum atomic E-state index is 13.8. The third kappa shape index (κ3) is 4.31. The van der Waals surface area contributed by atoms with Gasteiger partial charge in [0.05, 0.1) is 23.0 Å². The number of carboxylic acid groups (broad SMARTS) is 1. The van der Waals surface area contributed by atoms with E-state index in [4.69, 9.17) is 5.11 Å². The van der Waals surface area contributed by atoms with Crippen molar-refractivity contribution in [1.29, 1.82) is 0 Å². The van der Waals surface area contributed by atoms with Gasteiger partial charge < -0.3 is 15.3 Å². The minimum Gasteiger partial charge on any atom is -0.465 e. The van der Waals surface area contributed by atoms with E-state index in [-0.39, 0.29) is 23.3 Å². The van der Waals surface area contributed by atoms with E-state index in [0.717, 1.165) is 40.0 Å². The molecule has 1 aromatic heterocycles. The highest BCUT2D eigenvalue weighted by atomic mass is 19.1. The maximum absolute atomic E-state index is 13.8. The zero-order valence-electron chi connectivity index (χ0n) is 20.0. The lowest BCUT2D eigenvalue weighted by molar-refractivity contribution is 0.103. The van der Waals surface area contributed by atoms with Crippen LogP contribution in [-0.4, -0.2) is 57.4 Å². The van der Waals surface area contributed by atoms with Crippen LogP contribution in [0, 0.1) is 5.82 Å². The second kappa shape index (κ2) is 9.33. The number of anilines is 1. The molecule has 3 N–H and O–H groups in total. The topological polar surface area (TPSA) is 102 Å². The van der Waals surface area contributed by atoms with Crippen LogP contribution in [0.3, 0.4) is 0 Å². The molecule has 2 aliphatic rings. The van der Waals surface area contributed by atoms with Crippen molar-refractivity contribution in [2.45, 2.75) is 18.5 Å². The van der Waals surface area contributed by atoms with Crippen LogP contribution in [-0.2, 0) is 6.54 Å². The van der Waals surface area contributed by atoms with Gasteiger partial charge in [0.15, 0.2) is 0 Å². The van der Waals surface area contributed by atoms with Gasteiger partial charge in [-0.2, -0.15) is 5.10 Å². The molecule has 0 bridgehead atoms. The van der Waals surface area contributed by atoms with Crippen molar-refractivity contribution in [1.82, 2.24) is 20.0 Å². The molecule has 8 nitrogen and oxygen atoms in total. The molecule has 1 amide bonds. The number of aromatic amines is 1. The SMILES string of the molecule is O=C(O)N1CCN(Cc2ccc(C3Nc4cccc5c(=O)[nH]nc(c45)C3c3ccc(F)cc3)cc2)CC1. The van der Waals surface area contributed by atoms with Crippen molar-refractivity contribution in [3.63, 3.8) is 0 Å². The number of hydrogen-bond acceptors (Lipinski definition) is 5. The van der Waals surface area contributed by atoms with Gasteiger partial charge >= 0.3 is 6.09 Å². The smallest absolute Gasteiger partial charge is 0.407 e. The summed E-state index contributed by atoms with van der Waals surface area (Å²) in [6, 6.07) is 20.2. The first kappa shape index (κ1) is 23.2.